The van der Waals surface area contributed by atoms with Crippen molar-refractivity contribution in [3.8, 4) is 0 Å². The molecule has 17 heavy (non-hydrogen) atoms. The largest absolute Gasteiger partial charge is 0.371 e. The van der Waals surface area contributed by atoms with Gasteiger partial charge in [-0.25, -0.2) is 0 Å². The van der Waals surface area contributed by atoms with Gasteiger partial charge in [-0.2, -0.15) is 0 Å². The van der Waals surface area contributed by atoms with Crippen LogP contribution in [-0.4, -0.2) is 25.7 Å². The molecular formula is C15H22N2. The average Bonchev–Trinajstić information content (AvgIpc) is 2.81. The second-order valence-corrected chi connectivity index (χ2v) is 5.30. The van der Waals surface area contributed by atoms with Gasteiger partial charge in [0.15, 0.2) is 0 Å². The molecule has 1 fully saturated rings. The van der Waals surface area contributed by atoms with Crippen LogP contribution in [0.1, 0.15) is 31.2 Å². The molecule has 0 spiro atoms. The van der Waals surface area contributed by atoms with Crippen molar-refractivity contribution < 1.29 is 0 Å². The molecule has 92 valence electrons. The molecule has 1 atom stereocenters. The third-order valence-electron chi connectivity index (χ3n) is 4.14. The highest BCUT2D eigenvalue weighted by Crippen LogP contribution is 2.27. The maximum Gasteiger partial charge on any atom is 0.0399 e. The molecule has 2 aliphatic heterocycles. The van der Waals surface area contributed by atoms with Crippen molar-refractivity contribution >= 4 is 5.69 Å². The van der Waals surface area contributed by atoms with Crippen LogP contribution in [0.4, 0.5) is 5.69 Å². The highest BCUT2D eigenvalue weighted by atomic mass is 15.1. The number of fused-ring (bicyclic) bond motifs is 1. The molecule has 1 aromatic rings. The third-order valence-corrected chi connectivity index (χ3v) is 4.14. The first kappa shape index (κ1) is 11.1. The number of nitrogens with one attached hydrogen (secondary N) is 1. The number of hydrogen-bond acceptors (Lipinski definition) is 2. The van der Waals surface area contributed by atoms with Crippen LogP contribution < -0.4 is 10.2 Å². The molecule has 0 amide bonds. The van der Waals surface area contributed by atoms with Gasteiger partial charge in [-0.05, 0) is 43.9 Å². The van der Waals surface area contributed by atoms with Crippen LogP contribution >= 0.6 is 0 Å². The van der Waals surface area contributed by atoms with E-state index in [2.05, 4.69) is 34.5 Å². The molecule has 0 aromatic heterocycles. The van der Waals surface area contributed by atoms with Gasteiger partial charge in [0.1, 0.15) is 0 Å². The minimum atomic E-state index is 0.761. The Kier molecular flexibility index (Phi) is 3.32. The van der Waals surface area contributed by atoms with Gasteiger partial charge in [-0.1, -0.05) is 24.6 Å². The van der Waals surface area contributed by atoms with E-state index >= 15 is 0 Å². The quantitative estimate of drug-likeness (QED) is 0.858. The summed E-state index contributed by atoms with van der Waals surface area (Å²) < 4.78 is 0. The molecule has 0 saturated carbocycles. The van der Waals surface area contributed by atoms with Crippen LogP contribution in [0.5, 0.6) is 0 Å². The van der Waals surface area contributed by atoms with Gasteiger partial charge in [-0.15, -0.1) is 0 Å². The van der Waals surface area contributed by atoms with Gasteiger partial charge in [-0.3, -0.25) is 0 Å². The Hall–Kier alpha value is -1.02. The highest BCUT2D eigenvalue weighted by Gasteiger charge is 2.19. The van der Waals surface area contributed by atoms with Crippen LogP contribution in [0, 0.1) is 0 Å². The van der Waals surface area contributed by atoms with E-state index in [1.807, 2.05) is 0 Å². The number of para-hydroxylation sites is 1. The summed E-state index contributed by atoms with van der Waals surface area (Å²) in [6, 6.07) is 9.63. The number of rotatable bonds is 3. The fourth-order valence-electron chi connectivity index (χ4n) is 3.12. The second kappa shape index (κ2) is 5.09. The average molecular weight is 230 g/mol. The van der Waals surface area contributed by atoms with Crippen LogP contribution in [0.25, 0.3) is 0 Å². The van der Waals surface area contributed by atoms with Crippen LogP contribution in [-0.2, 0) is 6.42 Å². The summed E-state index contributed by atoms with van der Waals surface area (Å²) in [5, 5.41) is 3.64. The minimum Gasteiger partial charge on any atom is -0.371 e. The summed E-state index contributed by atoms with van der Waals surface area (Å²) in [6.45, 7) is 3.65. The number of nitrogens with zero attached hydrogens (tertiary/aromatic N) is 1. The van der Waals surface area contributed by atoms with Crippen molar-refractivity contribution in [3.63, 3.8) is 0 Å². The molecular weight excluding hydrogens is 208 g/mol. The Morgan fingerprint density at radius 3 is 3.06 bits per heavy atom. The molecule has 1 N–H and O–H groups in total. The molecule has 2 aliphatic rings. The Labute approximate surface area is 104 Å². The first-order valence-electron chi connectivity index (χ1n) is 7.00. The third kappa shape index (κ3) is 2.47. The molecule has 0 bridgehead atoms. The van der Waals surface area contributed by atoms with E-state index in [0.717, 1.165) is 6.04 Å². The molecule has 2 nitrogen and oxygen atoms in total. The van der Waals surface area contributed by atoms with Crippen molar-refractivity contribution in [1.82, 2.24) is 5.32 Å². The smallest absolute Gasteiger partial charge is 0.0399 e. The first-order valence-corrected chi connectivity index (χ1v) is 7.00. The van der Waals surface area contributed by atoms with E-state index in [-0.39, 0.29) is 0 Å². The maximum absolute atomic E-state index is 3.64. The summed E-state index contributed by atoms with van der Waals surface area (Å²) in [4.78, 5) is 2.56. The molecule has 0 radical (unpaired) electrons. The zero-order valence-corrected chi connectivity index (χ0v) is 10.5. The molecule has 2 heterocycles. The normalized spacial score (nSPS) is 23.8. The van der Waals surface area contributed by atoms with Gasteiger partial charge in [0, 0.05) is 24.8 Å². The lowest BCUT2D eigenvalue weighted by molar-refractivity contribution is 0.383. The summed E-state index contributed by atoms with van der Waals surface area (Å²) in [5.41, 5.74) is 3.01. The summed E-state index contributed by atoms with van der Waals surface area (Å²) >= 11 is 0. The lowest BCUT2D eigenvalue weighted by atomic mass is 10.0. The molecule has 3 rings (SSSR count). The van der Waals surface area contributed by atoms with Crippen molar-refractivity contribution in [3.05, 3.63) is 29.8 Å². The topological polar surface area (TPSA) is 15.3 Å². The molecule has 1 aromatic carbocycles. The number of hydrogen-bond donors (Lipinski definition) is 1. The number of anilines is 1. The van der Waals surface area contributed by atoms with E-state index in [4.69, 9.17) is 0 Å². The monoisotopic (exact) mass is 230 g/mol. The van der Waals surface area contributed by atoms with Crippen LogP contribution in [0.3, 0.4) is 0 Å². The zero-order chi connectivity index (χ0) is 11.5. The fraction of sp³-hybridized carbons (Fsp3) is 0.600. The van der Waals surface area contributed by atoms with E-state index < -0.39 is 0 Å². The van der Waals surface area contributed by atoms with Gasteiger partial charge < -0.3 is 10.2 Å². The van der Waals surface area contributed by atoms with Crippen molar-refractivity contribution in [2.24, 2.45) is 0 Å². The Morgan fingerprint density at radius 1 is 1.24 bits per heavy atom. The van der Waals surface area contributed by atoms with E-state index in [9.17, 15) is 0 Å². The zero-order valence-electron chi connectivity index (χ0n) is 10.5. The number of piperidine rings is 1. The van der Waals surface area contributed by atoms with Crippen molar-refractivity contribution in [2.75, 3.05) is 24.5 Å². The Morgan fingerprint density at radius 2 is 2.18 bits per heavy atom. The van der Waals surface area contributed by atoms with Crippen LogP contribution in [0.2, 0.25) is 0 Å². The predicted octanol–water partition coefficient (Wildman–Crippen LogP) is 2.58. The van der Waals surface area contributed by atoms with Crippen LogP contribution in [0.15, 0.2) is 24.3 Å². The Balaban J connectivity index is 1.56. The van der Waals surface area contributed by atoms with Gasteiger partial charge in [0.2, 0.25) is 0 Å². The van der Waals surface area contributed by atoms with E-state index in [1.165, 1.54) is 63.0 Å². The van der Waals surface area contributed by atoms with Gasteiger partial charge >= 0.3 is 0 Å². The summed E-state index contributed by atoms with van der Waals surface area (Å²) in [7, 11) is 0. The van der Waals surface area contributed by atoms with E-state index in [1.54, 1.807) is 0 Å². The molecule has 0 unspecified atom stereocenters. The lowest BCUT2D eigenvalue weighted by Crippen LogP contribution is -2.37. The second-order valence-electron chi connectivity index (χ2n) is 5.30. The SMILES string of the molecule is c1ccc2c(c1)CCN2CC[C@H]1CCCCN1. The fourth-order valence-corrected chi connectivity index (χ4v) is 3.12. The van der Waals surface area contributed by atoms with Gasteiger partial charge in [0.25, 0.3) is 0 Å². The van der Waals surface area contributed by atoms with Crippen molar-refractivity contribution in [1.29, 1.82) is 0 Å². The Bertz CT molecular complexity index is 369. The lowest BCUT2D eigenvalue weighted by Gasteiger charge is -2.27. The minimum absolute atomic E-state index is 0.761. The van der Waals surface area contributed by atoms with Gasteiger partial charge in [0.05, 0.1) is 0 Å². The molecule has 2 heteroatoms. The highest BCUT2D eigenvalue weighted by molar-refractivity contribution is 5.57. The molecule has 0 aliphatic carbocycles. The molecule has 1 saturated heterocycles. The predicted molar refractivity (Wildman–Crippen MR) is 72.6 cm³/mol. The first-order chi connectivity index (χ1) is 8.43. The summed E-state index contributed by atoms with van der Waals surface area (Å²) in [6.07, 6.45) is 6.68. The standard InChI is InChI=1S/C15H22N2/c1-2-7-15-13(5-1)8-11-17(15)12-9-14-6-3-4-10-16-14/h1-2,5,7,14,16H,3-4,6,8-12H2/t14-/m1/s1. The van der Waals surface area contributed by atoms with E-state index in [0.29, 0.717) is 0 Å². The summed E-state index contributed by atoms with van der Waals surface area (Å²) in [5.74, 6) is 0. The maximum atomic E-state index is 3.64. The van der Waals surface area contributed by atoms with Crippen molar-refractivity contribution in [2.45, 2.75) is 38.1 Å². The number of benzene rings is 1.